The lowest BCUT2D eigenvalue weighted by atomic mass is 10.0. The molecule has 3 nitrogen and oxygen atoms in total. The highest BCUT2D eigenvalue weighted by molar-refractivity contribution is 6.36. The average molecular weight is 262 g/mol. The summed E-state index contributed by atoms with van der Waals surface area (Å²) in [6.45, 7) is 0. The predicted molar refractivity (Wildman–Crippen MR) is 72.0 cm³/mol. The van der Waals surface area contributed by atoms with E-state index in [1.54, 1.807) is 19.2 Å². The topological polar surface area (TPSA) is 52.3 Å². The molecule has 0 fully saturated rings. The molecule has 0 heterocycles. The molecule has 0 bridgehead atoms. The van der Waals surface area contributed by atoms with Crippen LogP contribution in [0.4, 0.5) is 0 Å². The van der Waals surface area contributed by atoms with Crippen molar-refractivity contribution in [1.82, 2.24) is 0 Å². The Morgan fingerprint density at radius 3 is 2.44 bits per heavy atom. The van der Waals surface area contributed by atoms with Gasteiger partial charge in [0.1, 0.15) is 5.75 Å². The molecule has 92 valence electrons. The van der Waals surface area contributed by atoms with Crippen LogP contribution >= 0.6 is 11.6 Å². The van der Waals surface area contributed by atoms with Crippen molar-refractivity contribution in [1.29, 1.82) is 0 Å². The molecule has 0 radical (unpaired) electrons. The minimum Gasteiger partial charge on any atom is -0.496 e. The second kappa shape index (κ2) is 5.10. The molecule has 2 aromatic carbocycles. The van der Waals surface area contributed by atoms with Crippen LogP contribution in [0.25, 0.3) is 11.1 Å². The lowest BCUT2D eigenvalue weighted by Gasteiger charge is -2.11. The van der Waals surface area contributed by atoms with E-state index in [0.29, 0.717) is 16.3 Å². The highest BCUT2D eigenvalue weighted by atomic mass is 35.5. The number of carbonyl (C=O) groups excluding carboxylic acids is 1. The van der Waals surface area contributed by atoms with Crippen molar-refractivity contribution in [2.75, 3.05) is 7.11 Å². The Labute approximate surface area is 110 Å². The third kappa shape index (κ3) is 2.17. The number of nitrogens with two attached hydrogens (primary N) is 1. The highest BCUT2D eigenvalue weighted by Crippen LogP contribution is 2.36. The molecular weight excluding hydrogens is 250 g/mol. The molecule has 2 aromatic rings. The summed E-state index contributed by atoms with van der Waals surface area (Å²) in [6.07, 6.45) is 0. The Balaban J connectivity index is 2.64. The summed E-state index contributed by atoms with van der Waals surface area (Å²) < 4.78 is 5.28. The highest BCUT2D eigenvalue weighted by Gasteiger charge is 2.14. The smallest absolute Gasteiger partial charge is 0.250 e. The van der Waals surface area contributed by atoms with E-state index in [4.69, 9.17) is 22.1 Å². The first-order valence-corrected chi connectivity index (χ1v) is 5.74. The summed E-state index contributed by atoms with van der Waals surface area (Å²) in [7, 11) is 1.59. The molecular formula is C14H12ClNO2. The Morgan fingerprint density at radius 1 is 1.11 bits per heavy atom. The van der Waals surface area contributed by atoms with Crippen LogP contribution in [0, 0.1) is 0 Å². The van der Waals surface area contributed by atoms with Crippen molar-refractivity contribution in [3.63, 3.8) is 0 Å². The zero-order chi connectivity index (χ0) is 13.1. The van der Waals surface area contributed by atoms with Crippen LogP contribution in [-0.2, 0) is 0 Å². The number of primary amides is 1. The molecule has 0 spiro atoms. The largest absolute Gasteiger partial charge is 0.496 e. The SMILES string of the molecule is COc1ccccc1-c1cccc(C(N)=O)c1Cl. The van der Waals surface area contributed by atoms with E-state index >= 15 is 0 Å². The standard InChI is InChI=1S/C14H12ClNO2/c1-18-12-8-3-2-5-9(12)10-6-4-7-11(13(10)15)14(16)17/h2-8H,1H3,(H2,16,17). The molecule has 0 aromatic heterocycles. The van der Waals surface area contributed by atoms with Crippen molar-refractivity contribution in [3.8, 4) is 16.9 Å². The molecule has 2 rings (SSSR count). The maximum Gasteiger partial charge on any atom is 0.250 e. The summed E-state index contributed by atoms with van der Waals surface area (Å²) in [5, 5.41) is 0.342. The third-order valence-corrected chi connectivity index (χ3v) is 3.07. The van der Waals surface area contributed by atoms with Crippen molar-refractivity contribution in [2.24, 2.45) is 5.73 Å². The molecule has 18 heavy (non-hydrogen) atoms. The van der Waals surface area contributed by atoms with Crippen LogP contribution in [0.1, 0.15) is 10.4 Å². The van der Waals surface area contributed by atoms with Gasteiger partial charge < -0.3 is 10.5 Å². The van der Waals surface area contributed by atoms with Gasteiger partial charge in [0.15, 0.2) is 0 Å². The monoisotopic (exact) mass is 261 g/mol. The number of carbonyl (C=O) groups is 1. The zero-order valence-corrected chi connectivity index (χ0v) is 10.6. The number of para-hydroxylation sites is 1. The van der Waals surface area contributed by atoms with Gasteiger partial charge in [-0.3, -0.25) is 4.79 Å². The fourth-order valence-corrected chi connectivity index (χ4v) is 2.12. The van der Waals surface area contributed by atoms with E-state index in [0.717, 1.165) is 11.1 Å². The zero-order valence-electron chi connectivity index (χ0n) is 9.81. The molecule has 2 N–H and O–H groups in total. The first-order valence-electron chi connectivity index (χ1n) is 5.37. The van der Waals surface area contributed by atoms with Crippen LogP contribution in [0.2, 0.25) is 5.02 Å². The Bertz CT molecular complexity index is 596. The minimum absolute atomic E-state index is 0.306. The van der Waals surface area contributed by atoms with Crippen molar-refractivity contribution in [3.05, 3.63) is 53.1 Å². The molecule has 0 unspecified atom stereocenters. The van der Waals surface area contributed by atoms with Crippen LogP contribution in [0.5, 0.6) is 5.75 Å². The van der Waals surface area contributed by atoms with Gasteiger partial charge in [-0.15, -0.1) is 0 Å². The molecule has 0 aliphatic carbocycles. The Hall–Kier alpha value is -2.00. The number of amides is 1. The van der Waals surface area contributed by atoms with Crippen LogP contribution in [-0.4, -0.2) is 13.0 Å². The second-order valence-electron chi connectivity index (χ2n) is 3.73. The molecule has 0 aliphatic heterocycles. The Morgan fingerprint density at radius 2 is 1.78 bits per heavy atom. The lowest BCUT2D eigenvalue weighted by molar-refractivity contribution is 0.100. The number of methoxy groups -OCH3 is 1. The first-order chi connectivity index (χ1) is 8.65. The maximum absolute atomic E-state index is 11.3. The van der Waals surface area contributed by atoms with Crippen LogP contribution < -0.4 is 10.5 Å². The van der Waals surface area contributed by atoms with E-state index in [-0.39, 0.29) is 0 Å². The number of rotatable bonds is 3. The van der Waals surface area contributed by atoms with Gasteiger partial charge in [0.2, 0.25) is 5.91 Å². The van der Waals surface area contributed by atoms with Gasteiger partial charge in [0, 0.05) is 11.1 Å². The van der Waals surface area contributed by atoms with Gasteiger partial charge in [-0.2, -0.15) is 0 Å². The van der Waals surface area contributed by atoms with E-state index in [2.05, 4.69) is 0 Å². The molecule has 0 aliphatic rings. The third-order valence-electron chi connectivity index (χ3n) is 2.66. The molecule has 1 amide bonds. The van der Waals surface area contributed by atoms with Gasteiger partial charge in [-0.1, -0.05) is 41.9 Å². The Kier molecular flexibility index (Phi) is 3.53. The van der Waals surface area contributed by atoms with Gasteiger partial charge in [-0.05, 0) is 12.1 Å². The number of halogens is 1. The lowest BCUT2D eigenvalue weighted by Crippen LogP contribution is -2.11. The number of hydrogen-bond donors (Lipinski definition) is 1. The second-order valence-corrected chi connectivity index (χ2v) is 4.11. The van der Waals surface area contributed by atoms with E-state index < -0.39 is 5.91 Å². The molecule has 4 heteroatoms. The van der Waals surface area contributed by atoms with Crippen LogP contribution in [0.3, 0.4) is 0 Å². The van der Waals surface area contributed by atoms with Crippen LogP contribution in [0.15, 0.2) is 42.5 Å². The van der Waals surface area contributed by atoms with E-state index in [1.165, 1.54) is 0 Å². The number of hydrogen-bond acceptors (Lipinski definition) is 2. The molecule has 0 saturated heterocycles. The fraction of sp³-hybridized carbons (Fsp3) is 0.0714. The maximum atomic E-state index is 11.3. The summed E-state index contributed by atoms with van der Waals surface area (Å²) in [6, 6.07) is 12.6. The van der Waals surface area contributed by atoms with Crippen molar-refractivity contribution >= 4 is 17.5 Å². The first kappa shape index (κ1) is 12.5. The molecule has 0 atom stereocenters. The average Bonchev–Trinajstić information content (AvgIpc) is 2.38. The molecule has 0 saturated carbocycles. The summed E-state index contributed by atoms with van der Waals surface area (Å²) >= 11 is 6.21. The fourth-order valence-electron chi connectivity index (χ4n) is 1.80. The predicted octanol–water partition coefficient (Wildman–Crippen LogP) is 3.11. The van der Waals surface area contributed by atoms with Crippen molar-refractivity contribution in [2.45, 2.75) is 0 Å². The summed E-state index contributed by atoms with van der Waals surface area (Å²) in [5.74, 6) is 0.151. The van der Waals surface area contributed by atoms with Gasteiger partial charge in [-0.25, -0.2) is 0 Å². The quantitative estimate of drug-likeness (QED) is 0.923. The normalized spacial score (nSPS) is 10.1. The van der Waals surface area contributed by atoms with E-state index in [1.807, 2.05) is 30.3 Å². The van der Waals surface area contributed by atoms with E-state index in [9.17, 15) is 4.79 Å². The number of benzene rings is 2. The number of ether oxygens (including phenoxy) is 1. The summed E-state index contributed by atoms with van der Waals surface area (Å²) in [4.78, 5) is 11.3. The minimum atomic E-state index is -0.545. The van der Waals surface area contributed by atoms with Crippen molar-refractivity contribution < 1.29 is 9.53 Å². The van der Waals surface area contributed by atoms with Gasteiger partial charge in [0.25, 0.3) is 0 Å². The van der Waals surface area contributed by atoms with Gasteiger partial charge >= 0.3 is 0 Å². The van der Waals surface area contributed by atoms with Gasteiger partial charge in [0.05, 0.1) is 17.7 Å². The summed E-state index contributed by atoms with van der Waals surface area (Å²) in [5.41, 5.74) is 7.14.